The van der Waals surface area contributed by atoms with Crippen molar-refractivity contribution in [3.63, 3.8) is 0 Å². The molecule has 0 radical (unpaired) electrons. The third-order valence-corrected chi connectivity index (χ3v) is 1.72. The van der Waals surface area contributed by atoms with E-state index in [0.717, 1.165) is 13.0 Å². The van der Waals surface area contributed by atoms with Crippen LogP contribution in [0, 0.1) is 0 Å². The predicted molar refractivity (Wildman–Crippen MR) is 33.8 cm³/mol. The van der Waals surface area contributed by atoms with Crippen molar-refractivity contribution < 1.29 is 9.84 Å². The van der Waals surface area contributed by atoms with E-state index in [0.29, 0.717) is 6.61 Å². The molecule has 0 aliphatic carbocycles. The summed E-state index contributed by atoms with van der Waals surface area (Å²) >= 11 is 0. The molecule has 1 rings (SSSR count). The summed E-state index contributed by atoms with van der Waals surface area (Å²) in [6.45, 7) is 3.23. The molecule has 0 saturated carbocycles. The molecular formula is C6H13NO2. The van der Waals surface area contributed by atoms with E-state index < -0.39 is 5.91 Å². The number of hydrogen-bond acceptors (Lipinski definition) is 3. The van der Waals surface area contributed by atoms with Gasteiger partial charge in [-0.25, -0.2) is 0 Å². The van der Waals surface area contributed by atoms with Gasteiger partial charge in [0.25, 0.3) is 0 Å². The van der Waals surface area contributed by atoms with Crippen molar-refractivity contribution in [2.24, 2.45) is 0 Å². The average Bonchev–Trinajstić information content (AvgIpc) is 1.77. The SMILES string of the molecule is CN1CCCO[C@@]1(C)O. The smallest absolute Gasteiger partial charge is 0.224 e. The van der Waals surface area contributed by atoms with Gasteiger partial charge in [0, 0.05) is 13.5 Å². The summed E-state index contributed by atoms with van der Waals surface area (Å²) in [5.74, 6) is -1.03. The molecule has 9 heavy (non-hydrogen) atoms. The Morgan fingerprint density at radius 1 is 1.67 bits per heavy atom. The summed E-state index contributed by atoms with van der Waals surface area (Å²) in [5.41, 5.74) is 0. The van der Waals surface area contributed by atoms with Gasteiger partial charge < -0.3 is 9.84 Å². The maximum Gasteiger partial charge on any atom is 0.224 e. The van der Waals surface area contributed by atoms with Crippen molar-refractivity contribution in [2.75, 3.05) is 20.2 Å². The van der Waals surface area contributed by atoms with Gasteiger partial charge in [0.2, 0.25) is 5.91 Å². The fourth-order valence-electron chi connectivity index (χ4n) is 0.885. The van der Waals surface area contributed by atoms with Crippen LogP contribution in [0.3, 0.4) is 0 Å². The molecule has 3 nitrogen and oxygen atoms in total. The van der Waals surface area contributed by atoms with E-state index in [1.807, 2.05) is 7.05 Å². The molecule has 1 aliphatic rings. The van der Waals surface area contributed by atoms with E-state index in [4.69, 9.17) is 4.74 Å². The molecule has 1 aliphatic heterocycles. The third kappa shape index (κ3) is 1.41. The highest BCUT2D eigenvalue weighted by atomic mass is 16.6. The van der Waals surface area contributed by atoms with Crippen molar-refractivity contribution in [1.29, 1.82) is 0 Å². The summed E-state index contributed by atoms with van der Waals surface area (Å²) in [6, 6.07) is 0. The molecule has 0 amide bonds. The van der Waals surface area contributed by atoms with Crippen molar-refractivity contribution in [3.8, 4) is 0 Å². The van der Waals surface area contributed by atoms with Crippen LogP contribution in [0.5, 0.6) is 0 Å². The first-order chi connectivity index (χ1) is 4.13. The van der Waals surface area contributed by atoms with Crippen LogP contribution in [0.4, 0.5) is 0 Å². The van der Waals surface area contributed by atoms with Crippen LogP contribution < -0.4 is 0 Å². The molecule has 54 valence electrons. The first kappa shape index (κ1) is 6.99. The zero-order valence-electron chi connectivity index (χ0n) is 5.92. The van der Waals surface area contributed by atoms with Crippen LogP contribution >= 0.6 is 0 Å². The number of aliphatic hydroxyl groups is 1. The van der Waals surface area contributed by atoms with Crippen LogP contribution in [-0.4, -0.2) is 36.1 Å². The molecule has 0 spiro atoms. The number of hydrogen-bond donors (Lipinski definition) is 1. The summed E-state index contributed by atoms with van der Waals surface area (Å²) in [6.07, 6.45) is 1.01. The van der Waals surface area contributed by atoms with Gasteiger partial charge >= 0.3 is 0 Å². The molecular weight excluding hydrogens is 118 g/mol. The summed E-state index contributed by atoms with van der Waals surface area (Å²) < 4.78 is 5.06. The summed E-state index contributed by atoms with van der Waals surface area (Å²) in [7, 11) is 1.85. The molecule has 1 atom stereocenters. The average molecular weight is 131 g/mol. The second-order valence-electron chi connectivity index (χ2n) is 2.56. The standard InChI is InChI=1S/C6H13NO2/c1-6(8)7(2)4-3-5-9-6/h8H,3-5H2,1-2H3/t6-/m1/s1. The summed E-state index contributed by atoms with van der Waals surface area (Å²) in [4.78, 5) is 1.79. The minimum atomic E-state index is -1.03. The monoisotopic (exact) mass is 131 g/mol. The zero-order valence-corrected chi connectivity index (χ0v) is 5.92. The lowest BCUT2D eigenvalue weighted by molar-refractivity contribution is -0.293. The van der Waals surface area contributed by atoms with Gasteiger partial charge in [0.05, 0.1) is 6.61 Å². The van der Waals surface area contributed by atoms with Crippen LogP contribution in [-0.2, 0) is 4.74 Å². The maximum atomic E-state index is 9.35. The Morgan fingerprint density at radius 2 is 2.33 bits per heavy atom. The van der Waals surface area contributed by atoms with Gasteiger partial charge in [-0.3, -0.25) is 4.90 Å². The second kappa shape index (κ2) is 2.25. The van der Waals surface area contributed by atoms with Crippen molar-refractivity contribution in [2.45, 2.75) is 19.3 Å². The van der Waals surface area contributed by atoms with E-state index in [1.165, 1.54) is 0 Å². The largest absolute Gasteiger partial charge is 0.353 e. The molecule has 3 heteroatoms. The molecule has 1 heterocycles. The molecule has 0 aromatic carbocycles. The van der Waals surface area contributed by atoms with E-state index in [9.17, 15) is 5.11 Å². The fraction of sp³-hybridized carbons (Fsp3) is 1.00. The van der Waals surface area contributed by atoms with Crippen LogP contribution in [0.15, 0.2) is 0 Å². The molecule has 1 saturated heterocycles. The molecule has 1 fully saturated rings. The maximum absolute atomic E-state index is 9.35. The van der Waals surface area contributed by atoms with Crippen molar-refractivity contribution in [1.82, 2.24) is 4.90 Å². The lowest BCUT2D eigenvalue weighted by Crippen LogP contribution is -2.50. The van der Waals surface area contributed by atoms with Gasteiger partial charge in [-0.15, -0.1) is 0 Å². The first-order valence-electron chi connectivity index (χ1n) is 3.20. The minimum Gasteiger partial charge on any atom is -0.353 e. The van der Waals surface area contributed by atoms with Gasteiger partial charge in [-0.1, -0.05) is 0 Å². The predicted octanol–water partition coefficient (Wildman–Crippen LogP) is 0.00450. The zero-order chi connectivity index (χ0) is 6.91. The van der Waals surface area contributed by atoms with E-state index >= 15 is 0 Å². The van der Waals surface area contributed by atoms with Crippen molar-refractivity contribution >= 4 is 0 Å². The molecule has 0 bridgehead atoms. The Balaban J connectivity index is 2.49. The lowest BCUT2D eigenvalue weighted by atomic mass is 10.3. The van der Waals surface area contributed by atoms with E-state index in [1.54, 1.807) is 11.8 Å². The van der Waals surface area contributed by atoms with Crippen molar-refractivity contribution in [3.05, 3.63) is 0 Å². The molecule has 1 N–H and O–H groups in total. The number of ether oxygens (including phenoxy) is 1. The van der Waals surface area contributed by atoms with Crippen LogP contribution in [0.1, 0.15) is 13.3 Å². The number of nitrogens with zero attached hydrogens (tertiary/aromatic N) is 1. The van der Waals surface area contributed by atoms with Gasteiger partial charge in [0.1, 0.15) is 0 Å². The molecule has 0 aromatic rings. The van der Waals surface area contributed by atoms with Gasteiger partial charge in [-0.2, -0.15) is 0 Å². The Bertz CT molecular complexity index is 103. The molecule has 0 aromatic heterocycles. The van der Waals surface area contributed by atoms with Gasteiger partial charge in [-0.05, 0) is 13.5 Å². The minimum absolute atomic E-state index is 0.664. The Labute approximate surface area is 55.2 Å². The highest BCUT2D eigenvalue weighted by Crippen LogP contribution is 2.15. The Hall–Kier alpha value is -0.120. The third-order valence-electron chi connectivity index (χ3n) is 1.72. The second-order valence-corrected chi connectivity index (χ2v) is 2.56. The Morgan fingerprint density at radius 3 is 2.67 bits per heavy atom. The normalized spacial score (nSPS) is 39.0. The first-order valence-corrected chi connectivity index (χ1v) is 3.20. The highest BCUT2D eigenvalue weighted by Gasteiger charge is 2.29. The van der Waals surface area contributed by atoms with E-state index in [2.05, 4.69) is 0 Å². The highest BCUT2D eigenvalue weighted by molar-refractivity contribution is 4.65. The lowest BCUT2D eigenvalue weighted by Gasteiger charge is -2.37. The topological polar surface area (TPSA) is 32.7 Å². The molecule has 0 unspecified atom stereocenters. The quantitative estimate of drug-likeness (QED) is 0.502. The van der Waals surface area contributed by atoms with Crippen LogP contribution in [0.25, 0.3) is 0 Å². The van der Waals surface area contributed by atoms with Crippen LogP contribution in [0.2, 0.25) is 0 Å². The fourth-order valence-corrected chi connectivity index (χ4v) is 0.885. The summed E-state index contributed by atoms with van der Waals surface area (Å²) in [5, 5.41) is 9.35. The number of rotatable bonds is 0. The van der Waals surface area contributed by atoms with E-state index in [-0.39, 0.29) is 0 Å². The Kier molecular flexibility index (Phi) is 1.75. The van der Waals surface area contributed by atoms with Gasteiger partial charge in [0.15, 0.2) is 0 Å².